The second kappa shape index (κ2) is 6.02. The molecule has 1 aromatic carbocycles. The van der Waals surface area contributed by atoms with Crippen molar-refractivity contribution >= 4 is 5.91 Å². The fourth-order valence-electron chi connectivity index (χ4n) is 2.62. The summed E-state index contributed by atoms with van der Waals surface area (Å²) >= 11 is 0. The Kier molecular flexibility index (Phi) is 4.52. The summed E-state index contributed by atoms with van der Waals surface area (Å²) in [5.41, 5.74) is 5.30. The number of ether oxygens (including phenoxy) is 1. The van der Waals surface area contributed by atoms with E-state index < -0.39 is 11.4 Å². The molecule has 1 saturated carbocycles. The van der Waals surface area contributed by atoms with Gasteiger partial charge < -0.3 is 10.5 Å². The van der Waals surface area contributed by atoms with Gasteiger partial charge in [-0.25, -0.2) is 4.39 Å². The van der Waals surface area contributed by atoms with Gasteiger partial charge >= 0.3 is 0 Å². The van der Waals surface area contributed by atoms with Crippen LogP contribution in [0.25, 0.3) is 0 Å². The fourth-order valence-corrected chi connectivity index (χ4v) is 2.62. The van der Waals surface area contributed by atoms with Crippen LogP contribution in [0.4, 0.5) is 4.39 Å². The third kappa shape index (κ3) is 3.53. The maximum absolute atomic E-state index is 13.3. The van der Waals surface area contributed by atoms with Gasteiger partial charge in [-0.15, -0.1) is 0 Å². The largest absolute Gasteiger partial charge is 0.491 e. The second-order valence-corrected chi connectivity index (χ2v) is 6.11. The minimum Gasteiger partial charge on any atom is -0.491 e. The van der Waals surface area contributed by atoms with Crippen LogP contribution in [-0.2, 0) is 4.79 Å². The van der Waals surface area contributed by atoms with Gasteiger partial charge in [0.25, 0.3) is 0 Å². The summed E-state index contributed by atoms with van der Waals surface area (Å²) in [6.45, 7) is 5.79. The first-order valence-corrected chi connectivity index (χ1v) is 7.31. The third-order valence-corrected chi connectivity index (χ3v) is 3.86. The zero-order valence-electron chi connectivity index (χ0n) is 12.8. The smallest absolute Gasteiger partial charge is 0.241 e. The lowest BCUT2D eigenvalue weighted by Crippen LogP contribution is -2.62. The van der Waals surface area contributed by atoms with Gasteiger partial charge in [-0.2, -0.15) is 0 Å². The number of primary amides is 1. The zero-order chi connectivity index (χ0) is 15.6. The Hall–Kier alpha value is -1.62. The Labute approximate surface area is 124 Å². The van der Waals surface area contributed by atoms with Crippen LogP contribution >= 0.6 is 0 Å². The first kappa shape index (κ1) is 15.8. The summed E-state index contributed by atoms with van der Waals surface area (Å²) in [6, 6.07) is 4.68. The van der Waals surface area contributed by atoms with Crippen molar-refractivity contribution in [3.8, 4) is 5.75 Å². The summed E-state index contributed by atoms with van der Waals surface area (Å²) in [6.07, 6.45) is 1.93. The normalized spacial score (nSPS) is 17.6. The number of amides is 1. The van der Waals surface area contributed by atoms with E-state index in [4.69, 9.17) is 10.5 Å². The monoisotopic (exact) mass is 294 g/mol. The van der Waals surface area contributed by atoms with Crippen molar-refractivity contribution in [2.75, 3.05) is 6.61 Å². The van der Waals surface area contributed by atoms with Gasteiger partial charge in [-0.05, 0) is 63.3 Å². The van der Waals surface area contributed by atoms with Crippen LogP contribution in [0.5, 0.6) is 5.75 Å². The Bertz CT molecular complexity index is 529. The lowest BCUT2D eigenvalue weighted by atomic mass is 9.92. The van der Waals surface area contributed by atoms with E-state index >= 15 is 0 Å². The van der Waals surface area contributed by atoms with Gasteiger partial charge in [0, 0.05) is 6.04 Å². The zero-order valence-corrected chi connectivity index (χ0v) is 12.8. The summed E-state index contributed by atoms with van der Waals surface area (Å²) in [4.78, 5) is 12.0. The van der Waals surface area contributed by atoms with Gasteiger partial charge in [0.2, 0.25) is 5.91 Å². The molecule has 1 aliphatic rings. The number of aryl methyl sites for hydroxylation is 1. The number of carbonyl (C=O) groups is 1. The number of carbonyl (C=O) groups excluding carboxylic acids is 1. The van der Waals surface area contributed by atoms with E-state index in [1.54, 1.807) is 19.1 Å². The molecular weight excluding hydrogens is 271 g/mol. The maximum Gasteiger partial charge on any atom is 0.241 e. The highest BCUT2D eigenvalue weighted by molar-refractivity contribution is 5.86. The standard InChI is InChI=1S/C16H23FN2O2/c1-10(2)19-16(15(18)20,12-4-5-12)9-21-13-6-7-14(17)11(3)8-13/h6-8,10,12,19H,4-5,9H2,1-3H3,(H2,18,20). The van der Waals surface area contributed by atoms with Gasteiger partial charge in [0.15, 0.2) is 0 Å². The number of hydrogen-bond acceptors (Lipinski definition) is 3. The lowest BCUT2D eigenvalue weighted by Gasteiger charge is -2.33. The van der Waals surface area contributed by atoms with Crippen molar-refractivity contribution < 1.29 is 13.9 Å². The molecule has 3 N–H and O–H groups in total. The van der Waals surface area contributed by atoms with Crippen LogP contribution in [0.2, 0.25) is 0 Å². The molecule has 0 radical (unpaired) electrons. The average Bonchev–Trinajstić information content (AvgIpc) is 3.22. The number of nitrogens with one attached hydrogen (secondary N) is 1. The van der Waals surface area contributed by atoms with Crippen LogP contribution < -0.4 is 15.8 Å². The highest BCUT2D eigenvalue weighted by Gasteiger charge is 2.50. The van der Waals surface area contributed by atoms with E-state index in [0.29, 0.717) is 11.3 Å². The summed E-state index contributed by atoms with van der Waals surface area (Å²) in [5.74, 6) is 0.0909. The van der Waals surface area contributed by atoms with Crippen LogP contribution in [0.15, 0.2) is 18.2 Å². The van der Waals surface area contributed by atoms with Crippen molar-refractivity contribution in [3.63, 3.8) is 0 Å². The van der Waals surface area contributed by atoms with Crippen LogP contribution in [0.3, 0.4) is 0 Å². The average molecular weight is 294 g/mol. The van der Waals surface area contributed by atoms with Crippen molar-refractivity contribution in [2.24, 2.45) is 11.7 Å². The lowest BCUT2D eigenvalue weighted by molar-refractivity contribution is -0.127. The van der Waals surface area contributed by atoms with E-state index in [0.717, 1.165) is 12.8 Å². The minimum absolute atomic E-state index is 0.122. The Morgan fingerprint density at radius 2 is 2.19 bits per heavy atom. The molecule has 0 heterocycles. The summed E-state index contributed by atoms with van der Waals surface area (Å²) < 4.78 is 19.0. The molecule has 1 fully saturated rings. The number of benzene rings is 1. The quantitative estimate of drug-likeness (QED) is 0.810. The van der Waals surface area contributed by atoms with Crippen LogP contribution in [0, 0.1) is 18.7 Å². The summed E-state index contributed by atoms with van der Waals surface area (Å²) in [7, 11) is 0. The topological polar surface area (TPSA) is 64.3 Å². The van der Waals surface area contributed by atoms with Crippen LogP contribution in [0.1, 0.15) is 32.3 Å². The molecule has 2 rings (SSSR count). The molecule has 21 heavy (non-hydrogen) atoms. The van der Waals surface area contributed by atoms with E-state index in [1.807, 2.05) is 13.8 Å². The highest BCUT2D eigenvalue weighted by Crippen LogP contribution is 2.40. The van der Waals surface area contributed by atoms with Gasteiger partial charge in [0.05, 0.1) is 0 Å². The van der Waals surface area contributed by atoms with Crippen molar-refractivity contribution in [3.05, 3.63) is 29.6 Å². The van der Waals surface area contributed by atoms with Gasteiger partial charge in [-0.3, -0.25) is 10.1 Å². The van der Waals surface area contributed by atoms with E-state index in [2.05, 4.69) is 5.32 Å². The third-order valence-electron chi connectivity index (χ3n) is 3.86. The molecule has 0 aromatic heterocycles. The molecule has 1 atom stereocenters. The minimum atomic E-state index is -0.851. The summed E-state index contributed by atoms with van der Waals surface area (Å²) in [5, 5.41) is 3.28. The predicted molar refractivity (Wildman–Crippen MR) is 79.6 cm³/mol. The molecule has 0 spiro atoms. The predicted octanol–water partition coefficient (Wildman–Crippen LogP) is 2.15. The molecule has 1 aromatic rings. The molecule has 5 heteroatoms. The molecule has 1 aliphatic carbocycles. The Morgan fingerprint density at radius 3 is 2.67 bits per heavy atom. The molecule has 0 saturated heterocycles. The second-order valence-electron chi connectivity index (χ2n) is 6.11. The molecule has 0 aliphatic heterocycles. The first-order chi connectivity index (χ1) is 9.85. The van der Waals surface area contributed by atoms with Crippen molar-refractivity contribution in [1.82, 2.24) is 5.32 Å². The van der Waals surface area contributed by atoms with E-state index in [1.165, 1.54) is 6.07 Å². The maximum atomic E-state index is 13.3. The van der Waals surface area contributed by atoms with Gasteiger partial charge in [0.1, 0.15) is 23.7 Å². The first-order valence-electron chi connectivity index (χ1n) is 7.31. The highest BCUT2D eigenvalue weighted by atomic mass is 19.1. The van der Waals surface area contributed by atoms with Crippen molar-refractivity contribution in [1.29, 1.82) is 0 Å². The Balaban J connectivity index is 2.14. The molecule has 116 valence electrons. The Morgan fingerprint density at radius 1 is 1.52 bits per heavy atom. The van der Waals surface area contributed by atoms with Crippen molar-refractivity contribution in [2.45, 2.75) is 45.2 Å². The fraction of sp³-hybridized carbons (Fsp3) is 0.562. The number of rotatable bonds is 7. The molecule has 4 nitrogen and oxygen atoms in total. The molecule has 1 unspecified atom stereocenters. The van der Waals surface area contributed by atoms with Gasteiger partial charge in [-0.1, -0.05) is 0 Å². The molecule has 1 amide bonds. The molecular formula is C16H23FN2O2. The molecule has 0 bridgehead atoms. The number of hydrogen-bond donors (Lipinski definition) is 2. The number of halogens is 1. The van der Waals surface area contributed by atoms with E-state index in [9.17, 15) is 9.18 Å². The van der Waals surface area contributed by atoms with E-state index in [-0.39, 0.29) is 24.4 Å². The SMILES string of the molecule is Cc1cc(OCC(NC(C)C)(C(N)=O)C2CC2)ccc1F. The number of nitrogens with two attached hydrogens (primary N) is 1. The van der Waals surface area contributed by atoms with Crippen LogP contribution in [-0.4, -0.2) is 24.1 Å².